The highest BCUT2D eigenvalue weighted by Crippen LogP contribution is 2.33. The number of nitrogens with one attached hydrogen (secondary N) is 2. The number of fused-ring (bicyclic) bond motifs is 1. The number of ether oxygens (including phenoxy) is 1. The van der Waals surface area contributed by atoms with Crippen molar-refractivity contribution in [3.63, 3.8) is 0 Å². The van der Waals surface area contributed by atoms with Crippen molar-refractivity contribution in [3.05, 3.63) is 53.1 Å². The SMILES string of the molecule is O=C(Nc1cccc(Cl)c1)Nc1cccc2c1OCC2. The number of urea groups is 1. The van der Waals surface area contributed by atoms with E-state index in [4.69, 9.17) is 16.3 Å². The van der Waals surface area contributed by atoms with Crippen LogP contribution in [0, 0.1) is 0 Å². The molecule has 3 rings (SSSR count). The molecular formula is C15H13ClN2O2. The lowest BCUT2D eigenvalue weighted by Crippen LogP contribution is -2.19. The van der Waals surface area contributed by atoms with Crippen LogP contribution in [0.4, 0.5) is 16.2 Å². The largest absolute Gasteiger partial charge is 0.491 e. The second-order valence-electron chi connectivity index (χ2n) is 4.48. The van der Waals surface area contributed by atoms with Gasteiger partial charge in [0.1, 0.15) is 5.75 Å². The fourth-order valence-electron chi connectivity index (χ4n) is 2.16. The van der Waals surface area contributed by atoms with Gasteiger partial charge < -0.3 is 15.4 Å². The van der Waals surface area contributed by atoms with Crippen LogP contribution in [-0.4, -0.2) is 12.6 Å². The first-order valence-electron chi connectivity index (χ1n) is 6.30. The second kappa shape index (κ2) is 5.43. The Morgan fingerprint density at radius 3 is 2.85 bits per heavy atom. The standard InChI is InChI=1S/C15H13ClN2O2/c16-11-4-2-5-12(9-11)17-15(19)18-13-6-1-3-10-7-8-20-14(10)13/h1-6,9H,7-8H2,(H2,17,18,19). The van der Waals surface area contributed by atoms with Gasteiger partial charge in [-0.2, -0.15) is 0 Å². The monoisotopic (exact) mass is 288 g/mol. The molecule has 20 heavy (non-hydrogen) atoms. The molecule has 0 bridgehead atoms. The van der Waals surface area contributed by atoms with Gasteiger partial charge in [-0.1, -0.05) is 29.8 Å². The Kier molecular flexibility index (Phi) is 3.48. The zero-order valence-electron chi connectivity index (χ0n) is 10.7. The van der Waals surface area contributed by atoms with E-state index in [1.54, 1.807) is 24.3 Å². The van der Waals surface area contributed by atoms with Gasteiger partial charge in [0.15, 0.2) is 0 Å². The zero-order chi connectivity index (χ0) is 13.9. The fourth-order valence-corrected chi connectivity index (χ4v) is 2.35. The van der Waals surface area contributed by atoms with Crippen LogP contribution >= 0.6 is 11.6 Å². The molecule has 0 spiro atoms. The molecule has 0 fully saturated rings. The lowest BCUT2D eigenvalue weighted by atomic mass is 10.1. The molecule has 2 amide bonds. The van der Waals surface area contributed by atoms with E-state index in [9.17, 15) is 4.79 Å². The molecule has 0 unspecified atom stereocenters. The van der Waals surface area contributed by atoms with Gasteiger partial charge in [-0.05, 0) is 29.8 Å². The highest BCUT2D eigenvalue weighted by molar-refractivity contribution is 6.30. The summed E-state index contributed by atoms with van der Waals surface area (Å²) in [6, 6.07) is 12.4. The van der Waals surface area contributed by atoms with Crippen molar-refractivity contribution in [2.45, 2.75) is 6.42 Å². The van der Waals surface area contributed by atoms with Crippen LogP contribution in [0.2, 0.25) is 5.02 Å². The smallest absolute Gasteiger partial charge is 0.323 e. The number of amides is 2. The van der Waals surface area contributed by atoms with Gasteiger partial charge in [0.25, 0.3) is 0 Å². The number of carbonyl (C=O) groups excluding carboxylic acids is 1. The summed E-state index contributed by atoms with van der Waals surface area (Å²) in [6.07, 6.45) is 0.876. The summed E-state index contributed by atoms with van der Waals surface area (Å²) in [6.45, 7) is 0.657. The van der Waals surface area contributed by atoms with Gasteiger partial charge in [-0.3, -0.25) is 0 Å². The number of benzene rings is 2. The summed E-state index contributed by atoms with van der Waals surface area (Å²) >= 11 is 5.87. The predicted octanol–water partition coefficient (Wildman–Crippen LogP) is 3.92. The van der Waals surface area contributed by atoms with Gasteiger partial charge in [-0.15, -0.1) is 0 Å². The van der Waals surface area contributed by atoms with Crippen molar-refractivity contribution in [2.75, 3.05) is 17.2 Å². The zero-order valence-corrected chi connectivity index (χ0v) is 11.4. The molecule has 4 nitrogen and oxygen atoms in total. The van der Waals surface area contributed by atoms with Crippen molar-refractivity contribution >= 4 is 29.0 Å². The van der Waals surface area contributed by atoms with Crippen molar-refractivity contribution in [3.8, 4) is 5.75 Å². The Hall–Kier alpha value is -2.20. The van der Waals surface area contributed by atoms with Gasteiger partial charge in [0.05, 0.1) is 12.3 Å². The maximum Gasteiger partial charge on any atom is 0.323 e. The second-order valence-corrected chi connectivity index (χ2v) is 4.92. The number of anilines is 2. The molecule has 2 aromatic rings. The molecule has 0 aliphatic carbocycles. The van der Waals surface area contributed by atoms with Crippen LogP contribution in [0.15, 0.2) is 42.5 Å². The summed E-state index contributed by atoms with van der Waals surface area (Å²) in [5.41, 5.74) is 2.44. The molecule has 0 atom stereocenters. The number of halogens is 1. The molecule has 0 saturated heterocycles. The van der Waals surface area contributed by atoms with Crippen molar-refractivity contribution < 1.29 is 9.53 Å². The van der Waals surface area contributed by atoms with Crippen LogP contribution in [0.3, 0.4) is 0 Å². The maximum absolute atomic E-state index is 12.0. The summed E-state index contributed by atoms with van der Waals surface area (Å²) in [5, 5.41) is 6.10. The Morgan fingerprint density at radius 1 is 1.15 bits per heavy atom. The number of carbonyl (C=O) groups is 1. The van der Waals surface area contributed by atoms with Gasteiger partial charge in [-0.25, -0.2) is 4.79 Å². The normalized spacial score (nSPS) is 12.4. The van der Waals surface area contributed by atoms with Crippen LogP contribution < -0.4 is 15.4 Å². The minimum Gasteiger partial charge on any atom is -0.491 e. The van der Waals surface area contributed by atoms with E-state index in [0.29, 0.717) is 23.0 Å². The van der Waals surface area contributed by atoms with E-state index in [2.05, 4.69) is 10.6 Å². The summed E-state index contributed by atoms with van der Waals surface area (Å²) < 4.78 is 5.54. The fraction of sp³-hybridized carbons (Fsp3) is 0.133. The molecular weight excluding hydrogens is 276 g/mol. The lowest BCUT2D eigenvalue weighted by Gasteiger charge is -2.11. The summed E-state index contributed by atoms with van der Waals surface area (Å²) in [4.78, 5) is 12.0. The van der Waals surface area contributed by atoms with E-state index in [-0.39, 0.29) is 6.03 Å². The average molecular weight is 289 g/mol. The minimum atomic E-state index is -0.323. The molecule has 1 heterocycles. The quantitative estimate of drug-likeness (QED) is 0.880. The predicted molar refractivity (Wildman–Crippen MR) is 79.7 cm³/mol. The van der Waals surface area contributed by atoms with Crippen LogP contribution in [0.1, 0.15) is 5.56 Å². The van der Waals surface area contributed by atoms with Gasteiger partial charge >= 0.3 is 6.03 Å². The number of para-hydroxylation sites is 1. The van der Waals surface area contributed by atoms with Crippen LogP contribution in [0.25, 0.3) is 0 Å². The van der Waals surface area contributed by atoms with Crippen molar-refractivity contribution in [1.29, 1.82) is 0 Å². The molecule has 5 heteroatoms. The van der Waals surface area contributed by atoms with E-state index in [1.807, 2.05) is 18.2 Å². The lowest BCUT2D eigenvalue weighted by molar-refractivity contribution is 0.262. The van der Waals surface area contributed by atoms with Gasteiger partial charge in [0.2, 0.25) is 0 Å². The van der Waals surface area contributed by atoms with Crippen LogP contribution in [0.5, 0.6) is 5.75 Å². The van der Waals surface area contributed by atoms with Crippen LogP contribution in [-0.2, 0) is 6.42 Å². The molecule has 2 N–H and O–H groups in total. The molecule has 2 aromatic carbocycles. The molecule has 0 aromatic heterocycles. The van der Waals surface area contributed by atoms with Crippen molar-refractivity contribution in [1.82, 2.24) is 0 Å². The first-order chi connectivity index (χ1) is 9.72. The summed E-state index contributed by atoms with van der Waals surface area (Å²) in [7, 11) is 0. The Labute approximate surface area is 121 Å². The minimum absolute atomic E-state index is 0.323. The first kappa shape index (κ1) is 12.8. The Balaban J connectivity index is 1.72. The molecule has 102 valence electrons. The Morgan fingerprint density at radius 2 is 2.00 bits per heavy atom. The third kappa shape index (κ3) is 2.70. The van der Waals surface area contributed by atoms with E-state index in [0.717, 1.165) is 17.7 Å². The molecule has 1 aliphatic heterocycles. The highest BCUT2D eigenvalue weighted by atomic mass is 35.5. The molecule has 0 saturated carbocycles. The molecule has 1 aliphatic rings. The van der Waals surface area contributed by atoms with Gasteiger partial charge in [0, 0.05) is 17.1 Å². The first-order valence-corrected chi connectivity index (χ1v) is 6.68. The number of rotatable bonds is 2. The third-order valence-electron chi connectivity index (χ3n) is 3.05. The van der Waals surface area contributed by atoms with E-state index < -0.39 is 0 Å². The number of hydrogen-bond acceptors (Lipinski definition) is 2. The Bertz CT molecular complexity index is 658. The topological polar surface area (TPSA) is 50.4 Å². The van der Waals surface area contributed by atoms with Crippen molar-refractivity contribution in [2.24, 2.45) is 0 Å². The average Bonchev–Trinajstić information content (AvgIpc) is 2.88. The maximum atomic E-state index is 12.0. The van der Waals surface area contributed by atoms with E-state index >= 15 is 0 Å². The summed E-state index contributed by atoms with van der Waals surface area (Å²) in [5.74, 6) is 0.758. The molecule has 0 radical (unpaired) electrons. The van der Waals surface area contributed by atoms with E-state index in [1.165, 1.54) is 0 Å². The number of hydrogen-bond donors (Lipinski definition) is 2. The highest BCUT2D eigenvalue weighted by Gasteiger charge is 2.17. The third-order valence-corrected chi connectivity index (χ3v) is 3.28.